The molecule has 0 saturated carbocycles. The second-order valence-corrected chi connectivity index (χ2v) is 4.38. The fourth-order valence-corrected chi connectivity index (χ4v) is 2.33. The summed E-state index contributed by atoms with van der Waals surface area (Å²) in [6, 6.07) is 1.36. The minimum absolute atomic E-state index is 0.223. The van der Waals surface area contributed by atoms with Crippen molar-refractivity contribution in [1.29, 1.82) is 0 Å². The smallest absolute Gasteiger partial charge is 0.189 e. The second-order valence-electron chi connectivity index (χ2n) is 2.04. The van der Waals surface area contributed by atoms with Crippen LogP contribution in [0.15, 0.2) is 16.3 Å². The molecule has 0 atom stereocenters. The lowest BCUT2D eigenvalue weighted by molar-refractivity contribution is 0.552. The summed E-state index contributed by atoms with van der Waals surface area (Å²) in [5, 5.41) is 1.31. The number of hydrogen-bond acceptors (Lipinski definition) is 3. The van der Waals surface area contributed by atoms with E-state index in [1.165, 1.54) is 22.8 Å². The zero-order valence-electron chi connectivity index (χ0n) is 5.87. The van der Waals surface area contributed by atoms with Crippen LogP contribution in [0.4, 0.5) is 3.89 Å². The Kier molecular flexibility index (Phi) is 2.29. The van der Waals surface area contributed by atoms with Gasteiger partial charge in [0.1, 0.15) is 4.90 Å². The van der Waals surface area contributed by atoms with Crippen molar-refractivity contribution in [2.24, 2.45) is 0 Å². The number of rotatable bonds is 2. The maximum Gasteiger partial charge on any atom is 0.332 e. The summed E-state index contributed by atoms with van der Waals surface area (Å²) in [5.41, 5.74) is 0. The first-order valence-corrected chi connectivity index (χ1v) is 5.32. The normalized spacial score (nSPS) is 11.8. The highest BCUT2D eigenvalue weighted by atomic mass is 32.3. The van der Waals surface area contributed by atoms with E-state index in [1.807, 2.05) is 6.92 Å². The van der Waals surface area contributed by atoms with E-state index in [4.69, 9.17) is 0 Å². The maximum atomic E-state index is 12.2. The van der Waals surface area contributed by atoms with Crippen molar-refractivity contribution in [3.05, 3.63) is 16.3 Å². The molecule has 1 aromatic rings. The molecule has 62 valence electrons. The van der Waals surface area contributed by atoms with Gasteiger partial charge < -0.3 is 0 Å². The van der Waals surface area contributed by atoms with Crippen LogP contribution in [0.25, 0.3) is 0 Å². The molecule has 0 N–H and O–H groups in total. The third kappa shape index (κ3) is 2.00. The summed E-state index contributed by atoms with van der Waals surface area (Å²) < 4.78 is 32.9. The molecule has 0 aromatic carbocycles. The van der Waals surface area contributed by atoms with Crippen molar-refractivity contribution >= 4 is 21.6 Å². The summed E-state index contributed by atoms with van der Waals surface area (Å²) >= 11 is 1.26. The van der Waals surface area contributed by atoms with Gasteiger partial charge in [-0.25, -0.2) is 0 Å². The zero-order chi connectivity index (χ0) is 8.48. The van der Waals surface area contributed by atoms with Gasteiger partial charge in [0.2, 0.25) is 0 Å². The van der Waals surface area contributed by atoms with Crippen LogP contribution in [0.2, 0.25) is 0 Å². The van der Waals surface area contributed by atoms with Gasteiger partial charge in [0.25, 0.3) is 0 Å². The lowest BCUT2D eigenvalue weighted by Crippen LogP contribution is -1.87. The van der Waals surface area contributed by atoms with Crippen molar-refractivity contribution < 1.29 is 12.3 Å². The van der Waals surface area contributed by atoms with Crippen LogP contribution in [0.1, 0.15) is 11.8 Å². The minimum Gasteiger partial charge on any atom is -0.189 e. The Morgan fingerprint density at radius 1 is 1.64 bits per heavy atom. The highest BCUT2D eigenvalue weighted by Crippen LogP contribution is 2.20. The molecular formula is C6H7FO2S2. The van der Waals surface area contributed by atoms with Gasteiger partial charge in [0.05, 0.1) is 0 Å². The Morgan fingerprint density at radius 3 is 2.55 bits per heavy atom. The third-order valence-electron chi connectivity index (χ3n) is 1.26. The summed E-state index contributed by atoms with van der Waals surface area (Å²) in [4.78, 5) is 0.653. The Bertz CT molecular complexity index is 339. The van der Waals surface area contributed by atoms with Gasteiger partial charge in [0, 0.05) is 10.3 Å². The molecule has 0 fully saturated rings. The number of hydrogen-bond donors (Lipinski definition) is 0. The second kappa shape index (κ2) is 2.91. The first-order chi connectivity index (χ1) is 5.04. The number of halogens is 1. The first kappa shape index (κ1) is 8.67. The van der Waals surface area contributed by atoms with Gasteiger partial charge in [-0.3, -0.25) is 0 Å². The van der Waals surface area contributed by atoms with Gasteiger partial charge in [0.15, 0.2) is 0 Å². The van der Waals surface area contributed by atoms with Crippen molar-refractivity contribution in [3.63, 3.8) is 0 Å². The molecule has 0 spiro atoms. The molecule has 1 heterocycles. The summed E-state index contributed by atoms with van der Waals surface area (Å²) in [5.74, 6) is 0. The average molecular weight is 194 g/mol. The van der Waals surface area contributed by atoms with E-state index in [0.717, 1.165) is 11.3 Å². The van der Waals surface area contributed by atoms with Gasteiger partial charge in [-0.1, -0.05) is 6.92 Å². The van der Waals surface area contributed by atoms with Crippen molar-refractivity contribution in [2.75, 3.05) is 0 Å². The van der Waals surface area contributed by atoms with E-state index in [-0.39, 0.29) is 4.90 Å². The molecule has 11 heavy (non-hydrogen) atoms. The SMILES string of the molecule is CCc1cc(S(=O)(=O)F)cs1. The quantitative estimate of drug-likeness (QED) is 0.674. The number of thiophene rings is 1. The molecule has 1 aromatic heterocycles. The number of aryl methyl sites for hydroxylation is 1. The topological polar surface area (TPSA) is 34.1 Å². The zero-order valence-corrected chi connectivity index (χ0v) is 7.51. The largest absolute Gasteiger partial charge is 0.332 e. The van der Waals surface area contributed by atoms with Gasteiger partial charge in [-0.15, -0.1) is 15.2 Å². The van der Waals surface area contributed by atoms with Gasteiger partial charge in [-0.05, 0) is 12.5 Å². The third-order valence-corrected chi connectivity index (χ3v) is 3.29. The highest BCUT2D eigenvalue weighted by molar-refractivity contribution is 7.86. The van der Waals surface area contributed by atoms with Crippen LogP contribution in [0.5, 0.6) is 0 Å². The molecule has 0 unspecified atom stereocenters. The van der Waals surface area contributed by atoms with Gasteiger partial charge in [-0.2, -0.15) is 8.42 Å². The van der Waals surface area contributed by atoms with Crippen LogP contribution in [-0.2, 0) is 16.6 Å². The summed E-state index contributed by atoms with van der Waals surface area (Å²) in [7, 11) is -4.48. The Balaban J connectivity index is 3.09. The summed E-state index contributed by atoms with van der Waals surface area (Å²) in [6.07, 6.45) is 0.736. The first-order valence-electron chi connectivity index (χ1n) is 3.06. The molecule has 0 aliphatic heterocycles. The monoisotopic (exact) mass is 194 g/mol. The Morgan fingerprint density at radius 2 is 2.27 bits per heavy atom. The van der Waals surface area contributed by atoms with Crippen molar-refractivity contribution in [2.45, 2.75) is 18.2 Å². The van der Waals surface area contributed by atoms with E-state index in [2.05, 4.69) is 0 Å². The standard InChI is InChI=1S/C6H7FO2S2/c1-2-5-3-6(4-10-5)11(7,8)9/h3-4H,2H2,1H3. The van der Waals surface area contributed by atoms with Gasteiger partial charge >= 0.3 is 10.2 Å². The predicted octanol–water partition coefficient (Wildman–Crippen LogP) is 1.97. The molecule has 0 aliphatic carbocycles. The Labute approximate surface area is 68.9 Å². The fourth-order valence-electron chi connectivity index (χ4n) is 0.674. The molecule has 0 amide bonds. The molecule has 5 heteroatoms. The van der Waals surface area contributed by atoms with E-state index < -0.39 is 10.2 Å². The van der Waals surface area contributed by atoms with Crippen LogP contribution in [0.3, 0.4) is 0 Å². The van der Waals surface area contributed by atoms with Crippen molar-refractivity contribution in [3.8, 4) is 0 Å². The molecule has 0 bridgehead atoms. The van der Waals surface area contributed by atoms with E-state index in [0.29, 0.717) is 0 Å². The maximum absolute atomic E-state index is 12.2. The molecular weight excluding hydrogens is 187 g/mol. The van der Waals surface area contributed by atoms with E-state index >= 15 is 0 Å². The molecule has 0 saturated heterocycles. The molecule has 1 rings (SSSR count). The lowest BCUT2D eigenvalue weighted by Gasteiger charge is -1.84. The fraction of sp³-hybridized carbons (Fsp3) is 0.333. The van der Waals surface area contributed by atoms with Crippen LogP contribution >= 0.6 is 11.3 Å². The molecule has 0 aliphatic rings. The van der Waals surface area contributed by atoms with E-state index in [1.54, 1.807) is 0 Å². The summed E-state index contributed by atoms with van der Waals surface area (Å²) in [6.45, 7) is 1.89. The lowest BCUT2D eigenvalue weighted by atomic mass is 10.4. The van der Waals surface area contributed by atoms with Crippen LogP contribution in [-0.4, -0.2) is 8.42 Å². The van der Waals surface area contributed by atoms with Crippen LogP contribution < -0.4 is 0 Å². The van der Waals surface area contributed by atoms with Crippen LogP contribution in [0, 0.1) is 0 Å². The minimum atomic E-state index is -4.48. The van der Waals surface area contributed by atoms with Crippen molar-refractivity contribution in [1.82, 2.24) is 0 Å². The Hall–Kier alpha value is -0.420. The van der Waals surface area contributed by atoms with E-state index in [9.17, 15) is 12.3 Å². The molecule has 0 radical (unpaired) electrons. The predicted molar refractivity (Wildman–Crippen MR) is 42.0 cm³/mol. The average Bonchev–Trinajstić information content (AvgIpc) is 2.32. The molecule has 2 nitrogen and oxygen atoms in total. The highest BCUT2D eigenvalue weighted by Gasteiger charge is 2.13.